The van der Waals surface area contributed by atoms with E-state index in [4.69, 9.17) is 0 Å². The highest BCUT2D eigenvalue weighted by Gasteiger charge is 2.49. The van der Waals surface area contributed by atoms with Crippen LogP contribution in [0.3, 0.4) is 0 Å². The zero-order valence-corrected chi connectivity index (χ0v) is 18.9. The third-order valence-electron chi connectivity index (χ3n) is 5.56. The summed E-state index contributed by atoms with van der Waals surface area (Å²) in [6.45, 7) is 7.50. The Balaban J connectivity index is 1.70. The fraction of sp³-hybridized carbons (Fsp3) is 0.333. The third kappa shape index (κ3) is 4.49. The lowest BCUT2D eigenvalue weighted by atomic mass is 9.84. The first kappa shape index (κ1) is 23.0. The van der Waals surface area contributed by atoms with Crippen molar-refractivity contribution < 1.29 is 19.2 Å². The minimum atomic E-state index is -1.25. The van der Waals surface area contributed by atoms with Gasteiger partial charge in [0, 0.05) is 18.3 Å². The Morgan fingerprint density at radius 2 is 1.59 bits per heavy atom. The van der Waals surface area contributed by atoms with Crippen LogP contribution >= 0.6 is 0 Å². The predicted molar refractivity (Wildman–Crippen MR) is 121 cm³/mol. The van der Waals surface area contributed by atoms with Gasteiger partial charge in [-0.2, -0.15) is 0 Å². The highest BCUT2D eigenvalue weighted by Crippen LogP contribution is 2.31. The molecule has 1 heterocycles. The number of amides is 5. The molecule has 1 saturated heterocycles. The van der Waals surface area contributed by atoms with E-state index < -0.39 is 29.9 Å². The number of urea groups is 1. The maximum atomic E-state index is 13.1. The number of hydrogen-bond donors (Lipinski definition) is 3. The van der Waals surface area contributed by atoms with E-state index in [1.165, 1.54) is 7.05 Å². The Kier molecular flexibility index (Phi) is 6.07. The van der Waals surface area contributed by atoms with Crippen molar-refractivity contribution in [2.75, 3.05) is 18.9 Å². The Bertz CT molecular complexity index is 1050. The van der Waals surface area contributed by atoms with E-state index in [-0.39, 0.29) is 11.3 Å². The summed E-state index contributed by atoms with van der Waals surface area (Å²) in [6, 6.07) is 13.2. The van der Waals surface area contributed by atoms with Gasteiger partial charge >= 0.3 is 6.03 Å². The molecule has 3 N–H and O–H groups in total. The van der Waals surface area contributed by atoms with Crippen LogP contribution in [0.15, 0.2) is 48.5 Å². The average molecular weight is 437 g/mol. The van der Waals surface area contributed by atoms with Gasteiger partial charge in [-0.05, 0) is 47.7 Å². The number of hydrogen-bond acceptors (Lipinski definition) is 4. The van der Waals surface area contributed by atoms with E-state index in [0.29, 0.717) is 16.8 Å². The van der Waals surface area contributed by atoms with Gasteiger partial charge in [-0.15, -0.1) is 0 Å². The SMILES string of the molecule is CNC(=O)c1ccc(NC(=O)CN2C(=O)N[C@](C)(c3ccc(C(C)(C)C)cc3)C2=O)cc1. The van der Waals surface area contributed by atoms with Crippen LogP contribution in [0.5, 0.6) is 0 Å². The van der Waals surface area contributed by atoms with E-state index >= 15 is 0 Å². The molecule has 0 bridgehead atoms. The number of rotatable bonds is 5. The van der Waals surface area contributed by atoms with E-state index in [9.17, 15) is 19.2 Å². The van der Waals surface area contributed by atoms with Crippen LogP contribution in [0.1, 0.15) is 49.2 Å². The van der Waals surface area contributed by atoms with Crippen LogP contribution in [0.4, 0.5) is 10.5 Å². The summed E-state index contributed by atoms with van der Waals surface area (Å²) in [6.07, 6.45) is 0. The second kappa shape index (κ2) is 8.45. The Morgan fingerprint density at radius 3 is 2.12 bits per heavy atom. The predicted octanol–water partition coefficient (Wildman–Crippen LogP) is 2.75. The number of imide groups is 1. The van der Waals surface area contributed by atoms with Crippen molar-refractivity contribution in [1.29, 1.82) is 0 Å². The van der Waals surface area contributed by atoms with Crippen molar-refractivity contribution >= 4 is 29.4 Å². The fourth-order valence-electron chi connectivity index (χ4n) is 3.53. The molecule has 0 saturated carbocycles. The number of anilines is 1. The van der Waals surface area contributed by atoms with Crippen molar-refractivity contribution in [2.24, 2.45) is 0 Å². The standard InChI is InChI=1S/C24H28N4O4/c1-23(2,3)16-8-10-17(11-9-16)24(4)21(31)28(22(32)27-24)14-19(29)26-18-12-6-15(7-13-18)20(30)25-5/h6-13H,14H2,1-5H3,(H,25,30)(H,26,29)(H,27,32)/t24-/m1/s1. The van der Waals surface area contributed by atoms with Crippen molar-refractivity contribution in [3.63, 3.8) is 0 Å². The molecule has 0 aliphatic carbocycles. The fourth-order valence-corrected chi connectivity index (χ4v) is 3.53. The highest BCUT2D eigenvalue weighted by molar-refractivity contribution is 6.10. The zero-order valence-electron chi connectivity index (χ0n) is 18.9. The molecule has 1 atom stereocenters. The molecular formula is C24H28N4O4. The van der Waals surface area contributed by atoms with E-state index in [0.717, 1.165) is 10.5 Å². The van der Waals surface area contributed by atoms with Gasteiger partial charge in [-0.25, -0.2) is 4.79 Å². The molecule has 1 aliphatic rings. The first-order valence-electron chi connectivity index (χ1n) is 10.3. The van der Waals surface area contributed by atoms with Gasteiger partial charge < -0.3 is 16.0 Å². The topological polar surface area (TPSA) is 108 Å². The second-order valence-corrected chi connectivity index (χ2v) is 8.98. The minimum Gasteiger partial charge on any atom is -0.355 e. The van der Waals surface area contributed by atoms with Crippen molar-refractivity contribution in [1.82, 2.24) is 15.5 Å². The van der Waals surface area contributed by atoms with E-state index in [2.05, 4.69) is 36.7 Å². The molecule has 0 radical (unpaired) electrons. The first-order chi connectivity index (χ1) is 15.0. The van der Waals surface area contributed by atoms with E-state index in [1.54, 1.807) is 31.2 Å². The summed E-state index contributed by atoms with van der Waals surface area (Å²) in [5, 5.41) is 7.87. The quantitative estimate of drug-likeness (QED) is 0.627. The first-order valence-corrected chi connectivity index (χ1v) is 10.3. The molecule has 0 unspecified atom stereocenters. The zero-order chi connectivity index (χ0) is 23.7. The van der Waals surface area contributed by atoms with Gasteiger partial charge in [0.2, 0.25) is 5.91 Å². The molecule has 168 valence electrons. The maximum absolute atomic E-state index is 13.1. The largest absolute Gasteiger partial charge is 0.355 e. The lowest BCUT2D eigenvalue weighted by Crippen LogP contribution is -2.42. The number of carbonyl (C=O) groups is 4. The number of nitrogens with zero attached hydrogens (tertiary/aromatic N) is 1. The van der Waals surface area contributed by atoms with Crippen molar-refractivity contribution in [2.45, 2.75) is 38.6 Å². The lowest BCUT2D eigenvalue weighted by Gasteiger charge is -2.24. The highest BCUT2D eigenvalue weighted by atomic mass is 16.2. The Labute approximate surface area is 187 Å². The van der Waals surface area contributed by atoms with Gasteiger partial charge in [0.25, 0.3) is 11.8 Å². The average Bonchev–Trinajstić information content (AvgIpc) is 2.97. The van der Waals surface area contributed by atoms with Gasteiger partial charge in [0.15, 0.2) is 0 Å². The minimum absolute atomic E-state index is 0.0367. The molecule has 8 nitrogen and oxygen atoms in total. The molecule has 2 aromatic rings. The molecule has 5 amide bonds. The molecule has 3 rings (SSSR count). The Morgan fingerprint density at radius 1 is 1.00 bits per heavy atom. The molecule has 0 spiro atoms. The molecule has 1 fully saturated rings. The van der Waals surface area contributed by atoms with Crippen LogP contribution in [0.2, 0.25) is 0 Å². The molecule has 0 aromatic heterocycles. The van der Waals surface area contributed by atoms with Gasteiger partial charge in [0.05, 0.1) is 0 Å². The molecule has 32 heavy (non-hydrogen) atoms. The lowest BCUT2D eigenvalue weighted by molar-refractivity contribution is -0.133. The number of carbonyl (C=O) groups excluding carboxylic acids is 4. The monoisotopic (exact) mass is 436 g/mol. The number of nitrogens with one attached hydrogen (secondary N) is 3. The molecule has 1 aliphatic heterocycles. The van der Waals surface area contributed by atoms with Gasteiger partial charge in [0.1, 0.15) is 12.1 Å². The van der Waals surface area contributed by atoms with E-state index in [1.807, 2.05) is 24.3 Å². The summed E-state index contributed by atoms with van der Waals surface area (Å²) in [7, 11) is 1.53. The maximum Gasteiger partial charge on any atom is 0.325 e. The van der Waals surface area contributed by atoms with Crippen molar-refractivity contribution in [3.8, 4) is 0 Å². The number of benzene rings is 2. The Hall–Kier alpha value is -3.68. The van der Waals surface area contributed by atoms with Crippen molar-refractivity contribution in [3.05, 3.63) is 65.2 Å². The summed E-state index contributed by atoms with van der Waals surface area (Å²) >= 11 is 0. The molecule has 8 heteroatoms. The third-order valence-corrected chi connectivity index (χ3v) is 5.56. The summed E-state index contributed by atoms with van der Waals surface area (Å²) in [4.78, 5) is 50.6. The molecular weight excluding hydrogens is 408 g/mol. The smallest absolute Gasteiger partial charge is 0.325 e. The van der Waals surface area contributed by atoms with Crippen LogP contribution in [-0.4, -0.2) is 42.2 Å². The second-order valence-electron chi connectivity index (χ2n) is 8.98. The summed E-state index contributed by atoms with van der Waals surface area (Å²) < 4.78 is 0. The van der Waals surface area contributed by atoms with Gasteiger partial charge in [-0.1, -0.05) is 45.0 Å². The summed E-state index contributed by atoms with van der Waals surface area (Å²) in [5.74, 6) is -1.25. The van der Waals surface area contributed by atoms with Gasteiger partial charge in [-0.3, -0.25) is 19.3 Å². The summed E-state index contributed by atoms with van der Waals surface area (Å²) in [5.41, 5.74) is 1.38. The van der Waals surface area contributed by atoms with Crippen LogP contribution in [-0.2, 0) is 20.5 Å². The normalized spacial score (nSPS) is 18.3. The van der Waals surface area contributed by atoms with Crippen LogP contribution < -0.4 is 16.0 Å². The molecule has 2 aromatic carbocycles. The van der Waals surface area contributed by atoms with Crippen LogP contribution in [0.25, 0.3) is 0 Å². The van der Waals surface area contributed by atoms with Crippen LogP contribution in [0, 0.1) is 0 Å².